The molecule has 0 fully saturated rings. The fourth-order valence-corrected chi connectivity index (χ4v) is 11.7. The van der Waals surface area contributed by atoms with Gasteiger partial charge in [-0.05, 0) is 51.4 Å². The fraction of sp³-hybridized carbons (Fsp3) is 0.889. The van der Waals surface area contributed by atoms with Crippen molar-refractivity contribution in [2.75, 3.05) is 26.4 Å². The minimum Gasteiger partial charge on any atom is -0.462 e. The first-order valence-corrected chi connectivity index (χ1v) is 37.5. The van der Waals surface area contributed by atoms with E-state index in [0.717, 1.165) is 44.9 Å². The fourth-order valence-electron chi connectivity index (χ4n) is 10.9. The Morgan fingerprint density at radius 3 is 0.939 bits per heavy atom. The number of carbonyl (C=O) groups excluding carboxylic acids is 2. The van der Waals surface area contributed by atoms with Gasteiger partial charge in [0.15, 0.2) is 6.10 Å². The first-order chi connectivity index (χ1) is 40.3. The molecule has 0 aromatic rings. The first-order valence-electron chi connectivity index (χ1n) is 36.0. The highest BCUT2D eigenvalue weighted by molar-refractivity contribution is 7.47. The summed E-state index contributed by atoms with van der Waals surface area (Å²) in [6.45, 7) is 3.81. The van der Waals surface area contributed by atoms with Crippen LogP contribution in [0.1, 0.15) is 380 Å². The molecule has 0 aromatic heterocycles. The molecular formula is C72H138NO8P. The van der Waals surface area contributed by atoms with Gasteiger partial charge in [-0.2, -0.15) is 0 Å². The molecule has 0 rings (SSSR count). The van der Waals surface area contributed by atoms with E-state index >= 15 is 0 Å². The molecule has 0 amide bonds. The van der Waals surface area contributed by atoms with Crippen LogP contribution in [0.5, 0.6) is 0 Å². The van der Waals surface area contributed by atoms with Crippen LogP contribution in [0.2, 0.25) is 0 Å². The lowest BCUT2D eigenvalue weighted by atomic mass is 10.0. The highest BCUT2D eigenvalue weighted by Crippen LogP contribution is 2.43. The average Bonchev–Trinajstić information content (AvgIpc) is 3.48. The maximum atomic E-state index is 12.8. The summed E-state index contributed by atoms with van der Waals surface area (Å²) >= 11 is 0. The van der Waals surface area contributed by atoms with Crippen molar-refractivity contribution >= 4 is 19.8 Å². The SMILES string of the molecule is CCCCCCC/C=C\C/C=C\C/C=C\CCCCCCCCCCCCCCCCCCCCCCCCC(=O)OC(COC(=O)CCCCCCCCCCCCCCCCCCCCCCCCCC)COP(=O)(O)OCCN. The standard InChI is InChI=1S/C72H138NO8P/c1-3-5-7-9-11-13-15-17-19-21-23-25-27-29-30-31-32-33-34-35-36-37-38-39-40-41-43-45-47-49-51-53-55-57-59-61-63-65-72(75)81-70(69-80-82(76,77)79-67-66-73)68-78-71(74)64-62-60-58-56-54-52-50-48-46-44-42-28-26-24-22-20-18-16-14-12-10-8-6-4-2/h15,17,21,23,27,29,70H,3-14,16,18-20,22,24-26,28,30-69,73H2,1-2H3,(H,76,77)/b17-15-,23-21-,29-27-. The summed E-state index contributed by atoms with van der Waals surface area (Å²) in [5.74, 6) is -0.802. The normalized spacial score (nSPS) is 13.1. The van der Waals surface area contributed by atoms with Crippen LogP contribution in [0.4, 0.5) is 0 Å². The molecule has 3 N–H and O–H groups in total. The second kappa shape index (κ2) is 68.3. The van der Waals surface area contributed by atoms with Crippen molar-refractivity contribution in [2.45, 2.75) is 386 Å². The van der Waals surface area contributed by atoms with Crippen LogP contribution in [-0.4, -0.2) is 49.3 Å². The van der Waals surface area contributed by atoms with Crippen molar-refractivity contribution in [1.29, 1.82) is 0 Å². The van der Waals surface area contributed by atoms with Crippen LogP contribution in [-0.2, 0) is 32.7 Å². The van der Waals surface area contributed by atoms with E-state index in [-0.39, 0.29) is 38.6 Å². The number of rotatable bonds is 69. The second-order valence-electron chi connectivity index (χ2n) is 24.5. The smallest absolute Gasteiger partial charge is 0.462 e. The first kappa shape index (κ1) is 80.2. The lowest BCUT2D eigenvalue weighted by Crippen LogP contribution is -2.29. The molecule has 2 atom stereocenters. The zero-order chi connectivity index (χ0) is 59.4. The molecule has 0 aliphatic rings. The number of phosphoric ester groups is 1. The van der Waals surface area contributed by atoms with Crippen LogP contribution >= 0.6 is 7.82 Å². The monoisotopic (exact) mass is 1180 g/mol. The molecule has 0 aliphatic heterocycles. The summed E-state index contributed by atoms with van der Waals surface area (Å²) in [6, 6.07) is 0. The molecule has 2 unspecified atom stereocenters. The molecule has 0 aliphatic carbocycles. The van der Waals surface area contributed by atoms with Gasteiger partial charge in [-0.1, -0.05) is 352 Å². The van der Waals surface area contributed by atoms with Crippen LogP contribution in [0.25, 0.3) is 0 Å². The summed E-state index contributed by atoms with van der Waals surface area (Å²) in [6.07, 6.45) is 85.4. The van der Waals surface area contributed by atoms with Crippen molar-refractivity contribution in [2.24, 2.45) is 5.73 Å². The van der Waals surface area contributed by atoms with Gasteiger partial charge in [0, 0.05) is 19.4 Å². The summed E-state index contributed by atoms with van der Waals surface area (Å²) in [7, 11) is -4.39. The second-order valence-corrected chi connectivity index (χ2v) is 25.9. The van der Waals surface area contributed by atoms with Crippen molar-refractivity contribution in [3.8, 4) is 0 Å². The van der Waals surface area contributed by atoms with Crippen molar-refractivity contribution in [3.05, 3.63) is 36.5 Å². The van der Waals surface area contributed by atoms with Crippen LogP contribution in [0.3, 0.4) is 0 Å². The Labute approximate surface area is 509 Å². The summed E-state index contributed by atoms with van der Waals surface area (Å²) in [5, 5.41) is 0. The number of carbonyl (C=O) groups is 2. The van der Waals surface area contributed by atoms with E-state index < -0.39 is 26.5 Å². The predicted octanol–water partition coefficient (Wildman–Crippen LogP) is 23.5. The lowest BCUT2D eigenvalue weighted by molar-refractivity contribution is -0.161. The number of phosphoric acid groups is 1. The maximum Gasteiger partial charge on any atom is 0.472 e. The van der Waals surface area contributed by atoms with E-state index in [0.29, 0.717) is 6.42 Å². The Balaban J connectivity index is 3.79. The molecule has 0 saturated carbocycles. The molecule has 0 spiro atoms. The molecule has 0 radical (unpaired) electrons. The Morgan fingerprint density at radius 2 is 0.634 bits per heavy atom. The molecule has 0 heterocycles. The number of ether oxygens (including phenoxy) is 2. The molecule has 9 nitrogen and oxygen atoms in total. The minimum atomic E-state index is -4.39. The van der Waals surface area contributed by atoms with Gasteiger partial charge in [0.2, 0.25) is 0 Å². The van der Waals surface area contributed by atoms with Gasteiger partial charge >= 0.3 is 19.8 Å². The zero-order valence-electron chi connectivity index (χ0n) is 54.5. The van der Waals surface area contributed by atoms with E-state index in [2.05, 4.69) is 50.3 Å². The van der Waals surface area contributed by atoms with Gasteiger partial charge in [0.25, 0.3) is 0 Å². The van der Waals surface area contributed by atoms with E-state index in [1.165, 1.54) is 302 Å². The summed E-state index contributed by atoms with van der Waals surface area (Å²) in [4.78, 5) is 35.4. The minimum absolute atomic E-state index is 0.0567. The van der Waals surface area contributed by atoms with E-state index in [4.69, 9.17) is 24.3 Å². The maximum absolute atomic E-state index is 12.8. The molecule has 82 heavy (non-hydrogen) atoms. The van der Waals surface area contributed by atoms with Gasteiger partial charge in [-0.15, -0.1) is 0 Å². The van der Waals surface area contributed by atoms with Crippen LogP contribution < -0.4 is 5.73 Å². The van der Waals surface area contributed by atoms with Gasteiger partial charge in [0.1, 0.15) is 6.61 Å². The molecule has 0 aromatic carbocycles. The van der Waals surface area contributed by atoms with Crippen molar-refractivity contribution in [3.63, 3.8) is 0 Å². The number of hydrogen-bond donors (Lipinski definition) is 2. The Bertz CT molecular complexity index is 1440. The number of esters is 2. The quantitative estimate of drug-likeness (QED) is 0.0264. The van der Waals surface area contributed by atoms with Crippen molar-refractivity contribution < 1.29 is 37.6 Å². The van der Waals surface area contributed by atoms with Gasteiger partial charge in [0.05, 0.1) is 13.2 Å². The predicted molar refractivity (Wildman–Crippen MR) is 354 cm³/mol. The Kier molecular flexibility index (Phi) is 66.9. The number of hydrogen-bond acceptors (Lipinski definition) is 8. The third-order valence-corrected chi connectivity index (χ3v) is 17.3. The van der Waals surface area contributed by atoms with Crippen LogP contribution in [0, 0.1) is 0 Å². The zero-order valence-corrected chi connectivity index (χ0v) is 55.4. The highest BCUT2D eigenvalue weighted by atomic mass is 31.2. The Morgan fingerprint density at radius 1 is 0.366 bits per heavy atom. The van der Waals surface area contributed by atoms with E-state index in [9.17, 15) is 19.0 Å². The largest absolute Gasteiger partial charge is 0.472 e. The Hall–Kier alpha value is -1.77. The van der Waals surface area contributed by atoms with E-state index in [1.54, 1.807) is 0 Å². The molecular weight excluding hydrogens is 1040 g/mol. The summed E-state index contributed by atoms with van der Waals surface area (Å²) in [5.41, 5.74) is 5.40. The molecule has 0 saturated heterocycles. The lowest BCUT2D eigenvalue weighted by Gasteiger charge is -2.19. The average molecular weight is 1180 g/mol. The molecule has 0 bridgehead atoms. The van der Waals surface area contributed by atoms with Crippen molar-refractivity contribution in [1.82, 2.24) is 0 Å². The third kappa shape index (κ3) is 67.4. The van der Waals surface area contributed by atoms with E-state index in [1.807, 2.05) is 0 Å². The molecule has 10 heteroatoms. The van der Waals surface area contributed by atoms with Gasteiger partial charge in [-0.3, -0.25) is 18.6 Å². The number of allylic oxidation sites excluding steroid dienone is 6. The van der Waals surface area contributed by atoms with Crippen LogP contribution in [0.15, 0.2) is 36.5 Å². The molecule has 484 valence electrons. The van der Waals surface area contributed by atoms with Gasteiger partial charge in [-0.25, -0.2) is 4.57 Å². The summed E-state index contributed by atoms with van der Waals surface area (Å²) < 4.78 is 33.2. The topological polar surface area (TPSA) is 134 Å². The van der Waals surface area contributed by atoms with Gasteiger partial charge < -0.3 is 20.1 Å². The highest BCUT2D eigenvalue weighted by Gasteiger charge is 2.26. The number of unbranched alkanes of at least 4 members (excludes halogenated alkanes) is 50. The number of nitrogens with two attached hydrogens (primary N) is 1. The third-order valence-electron chi connectivity index (χ3n) is 16.3.